The van der Waals surface area contributed by atoms with Crippen molar-refractivity contribution in [3.05, 3.63) is 72.3 Å². The molecule has 0 fully saturated rings. The minimum Gasteiger partial charge on any atom is -0.0683 e. The maximum atomic E-state index is 2.23. The van der Waals surface area contributed by atoms with E-state index in [0.717, 1.165) is 0 Å². The number of hydrogen-bond donors (Lipinski definition) is 0. The predicted octanol–water partition coefficient (Wildman–Crippen LogP) is 8.53. The molecule has 0 aliphatic rings. The van der Waals surface area contributed by atoms with E-state index in [1.54, 1.807) is 0 Å². The van der Waals surface area contributed by atoms with E-state index in [1.807, 2.05) is 41.5 Å². The van der Waals surface area contributed by atoms with Crippen LogP contribution in [0.5, 0.6) is 0 Å². The highest BCUT2D eigenvalue weighted by Crippen LogP contribution is 2.36. The number of fused-ring (bicyclic) bond motifs is 6. The molecule has 132 valence electrons. The fourth-order valence-electron chi connectivity index (χ4n) is 3.14. The fourth-order valence-corrected chi connectivity index (χ4v) is 3.14. The van der Waals surface area contributed by atoms with Crippen LogP contribution in [0.2, 0.25) is 0 Å². The summed E-state index contributed by atoms with van der Waals surface area (Å²) in [6.07, 6.45) is 0. The summed E-state index contributed by atoms with van der Waals surface area (Å²) in [4.78, 5) is 0. The Hall–Kier alpha value is -2.34. The lowest BCUT2D eigenvalue weighted by molar-refractivity contribution is 1.50. The van der Waals surface area contributed by atoms with Crippen LogP contribution in [0.25, 0.3) is 32.3 Å². The highest BCUT2D eigenvalue weighted by atomic mass is 14.1. The lowest BCUT2D eigenvalue weighted by Gasteiger charge is -2.11. The number of aryl methyl sites for hydroxylation is 1. The van der Waals surface area contributed by atoms with E-state index in [4.69, 9.17) is 0 Å². The molecule has 4 aromatic rings. The van der Waals surface area contributed by atoms with Crippen molar-refractivity contribution in [3.8, 4) is 0 Å². The minimum absolute atomic E-state index is 1.34. The van der Waals surface area contributed by atoms with E-state index < -0.39 is 0 Å². The molecule has 0 spiro atoms. The Morgan fingerprint density at radius 1 is 0.400 bits per heavy atom. The first-order chi connectivity index (χ1) is 12.4. The molecule has 0 N–H and O–H groups in total. The largest absolute Gasteiger partial charge is 0.0683 e. The van der Waals surface area contributed by atoms with Gasteiger partial charge < -0.3 is 0 Å². The molecule has 4 aromatic carbocycles. The van der Waals surface area contributed by atoms with Gasteiger partial charge in [-0.25, -0.2) is 0 Å². The summed E-state index contributed by atoms with van der Waals surface area (Å²) in [6.45, 7) is 14.2. The first kappa shape index (κ1) is 20.7. The first-order valence-corrected chi connectivity index (χ1v) is 9.65. The Balaban J connectivity index is 0.000000475. The zero-order chi connectivity index (χ0) is 18.8. The van der Waals surface area contributed by atoms with Crippen LogP contribution in [-0.4, -0.2) is 0 Å². The van der Waals surface area contributed by atoms with Gasteiger partial charge in [0.15, 0.2) is 0 Å². The Kier molecular flexibility index (Phi) is 8.70. The van der Waals surface area contributed by atoms with E-state index in [1.165, 1.54) is 37.9 Å². The number of rotatable bonds is 0. The molecule has 0 atom stereocenters. The molecular weight excluding hydrogens is 300 g/mol. The molecule has 0 radical (unpaired) electrons. The van der Waals surface area contributed by atoms with Crippen LogP contribution in [0, 0.1) is 6.92 Å². The standard InChI is InChI=1S/C19H14.3C2H6/c1-13-7-6-12-18-16-9-3-2-8-14(16)15-10-4-5-11-17(15)19(13)18;3*1-2/h2-12H,1H3;3*1-2H3. The summed E-state index contributed by atoms with van der Waals surface area (Å²) in [5.41, 5.74) is 1.35. The summed E-state index contributed by atoms with van der Waals surface area (Å²) < 4.78 is 0. The maximum Gasteiger partial charge on any atom is -0.00697 e. The molecule has 0 amide bonds. The van der Waals surface area contributed by atoms with Gasteiger partial charge in [-0.2, -0.15) is 0 Å². The van der Waals surface area contributed by atoms with Crippen molar-refractivity contribution in [2.75, 3.05) is 0 Å². The van der Waals surface area contributed by atoms with E-state index in [2.05, 4.69) is 73.7 Å². The molecule has 0 aromatic heterocycles. The van der Waals surface area contributed by atoms with Crippen molar-refractivity contribution in [2.45, 2.75) is 48.5 Å². The second kappa shape index (κ2) is 10.5. The van der Waals surface area contributed by atoms with Crippen molar-refractivity contribution in [1.29, 1.82) is 0 Å². The Bertz CT molecular complexity index is 872. The predicted molar refractivity (Wildman–Crippen MR) is 118 cm³/mol. The second-order valence-corrected chi connectivity index (χ2v) is 5.09. The third-order valence-corrected chi connectivity index (χ3v) is 3.98. The highest BCUT2D eigenvalue weighted by molar-refractivity contribution is 6.25. The molecule has 0 heterocycles. The summed E-state index contributed by atoms with van der Waals surface area (Å²) in [5.74, 6) is 0. The summed E-state index contributed by atoms with van der Waals surface area (Å²) in [6, 6.07) is 24.0. The molecule has 0 aliphatic carbocycles. The molecule has 25 heavy (non-hydrogen) atoms. The monoisotopic (exact) mass is 332 g/mol. The average molecular weight is 333 g/mol. The van der Waals surface area contributed by atoms with Gasteiger partial charge in [0.25, 0.3) is 0 Å². The lowest BCUT2D eigenvalue weighted by atomic mass is 9.92. The van der Waals surface area contributed by atoms with Crippen molar-refractivity contribution < 1.29 is 0 Å². The van der Waals surface area contributed by atoms with Crippen LogP contribution < -0.4 is 0 Å². The Labute approximate surface area is 153 Å². The van der Waals surface area contributed by atoms with Crippen LogP contribution in [0.4, 0.5) is 0 Å². The van der Waals surface area contributed by atoms with Crippen molar-refractivity contribution in [3.63, 3.8) is 0 Å². The van der Waals surface area contributed by atoms with Gasteiger partial charge in [-0.05, 0) is 44.8 Å². The van der Waals surface area contributed by atoms with Gasteiger partial charge in [-0.3, -0.25) is 0 Å². The number of benzene rings is 4. The Morgan fingerprint density at radius 2 is 0.720 bits per heavy atom. The van der Waals surface area contributed by atoms with Crippen LogP contribution >= 0.6 is 0 Å². The van der Waals surface area contributed by atoms with Gasteiger partial charge in [0.05, 0.1) is 0 Å². The molecule has 0 bridgehead atoms. The SMILES string of the molecule is CC.CC.CC.Cc1cccc2c3ccccc3c3ccccc3c12. The third kappa shape index (κ3) is 4.02. The first-order valence-electron chi connectivity index (χ1n) is 9.65. The van der Waals surface area contributed by atoms with E-state index >= 15 is 0 Å². The molecular formula is C25H32. The van der Waals surface area contributed by atoms with Gasteiger partial charge in [-0.15, -0.1) is 0 Å². The van der Waals surface area contributed by atoms with Gasteiger partial charge in [0.2, 0.25) is 0 Å². The van der Waals surface area contributed by atoms with Gasteiger partial charge in [-0.1, -0.05) is 108 Å². The zero-order valence-electron chi connectivity index (χ0n) is 16.9. The molecule has 0 nitrogen and oxygen atoms in total. The van der Waals surface area contributed by atoms with E-state index in [0.29, 0.717) is 0 Å². The quantitative estimate of drug-likeness (QED) is 0.283. The molecule has 0 saturated carbocycles. The molecule has 0 saturated heterocycles. The number of hydrogen-bond acceptors (Lipinski definition) is 0. The summed E-state index contributed by atoms with van der Waals surface area (Å²) >= 11 is 0. The maximum absolute atomic E-state index is 2.23. The van der Waals surface area contributed by atoms with Gasteiger partial charge in [0, 0.05) is 0 Å². The van der Waals surface area contributed by atoms with Gasteiger partial charge >= 0.3 is 0 Å². The molecule has 4 rings (SSSR count). The normalized spacial score (nSPS) is 9.40. The molecule has 0 heteroatoms. The van der Waals surface area contributed by atoms with Crippen LogP contribution in [0.1, 0.15) is 47.1 Å². The topological polar surface area (TPSA) is 0 Å². The average Bonchev–Trinajstić information content (AvgIpc) is 2.73. The summed E-state index contributed by atoms with van der Waals surface area (Å²) in [7, 11) is 0. The minimum atomic E-state index is 1.34. The fraction of sp³-hybridized carbons (Fsp3) is 0.280. The highest BCUT2D eigenvalue weighted by Gasteiger charge is 2.08. The van der Waals surface area contributed by atoms with Crippen molar-refractivity contribution in [1.82, 2.24) is 0 Å². The van der Waals surface area contributed by atoms with Crippen LogP contribution in [0.15, 0.2) is 66.7 Å². The van der Waals surface area contributed by atoms with Crippen LogP contribution in [0.3, 0.4) is 0 Å². The third-order valence-electron chi connectivity index (χ3n) is 3.98. The summed E-state index contributed by atoms with van der Waals surface area (Å²) in [5, 5.41) is 8.14. The molecule has 0 unspecified atom stereocenters. The van der Waals surface area contributed by atoms with E-state index in [-0.39, 0.29) is 0 Å². The second-order valence-electron chi connectivity index (χ2n) is 5.09. The van der Waals surface area contributed by atoms with Crippen LogP contribution in [-0.2, 0) is 0 Å². The van der Waals surface area contributed by atoms with Crippen molar-refractivity contribution in [2.24, 2.45) is 0 Å². The molecule has 0 aliphatic heterocycles. The Morgan fingerprint density at radius 3 is 1.16 bits per heavy atom. The smallest absolute Gasteiger partial charge is 0.00697 e. The van der Waals surface area contributed by atoms with Crippen molar-refractivity contribution >= 4 is 32.3 Å². The lowest BCUT2D eigenvalue weighted by Crippen LogP contribution is -1.85. The van der Waals surface area contributed by atoms with Gasteiger partial charge in [0.1, 0.15) is 0 Å². The zero-order valence-corrected chi connectivity index (χ0v) is 16.9. The van der Waals surface area contributed by atoms with E-state index in [9.17, 15) is 0 Å².